The first kappa shape index (κ1) is 19.8. The van der Waals surface area contributed by atoms with Crippen LogP contribution < -0.4 is 10.6 Å². The number of thiophene rings is 1. The van der Waals surface area contributed by atoms with E-state index in [4.69, 9.17) is 0 Å². The molecule has 0 bridgehead atoms. The molecule has 1 aromatic carbocycles. The molecule has 3 aromatic heterocycles. The van der Waals surface area contributed by atoms with Crippen LogP contribution in [0.4, 0.5) is 5.82 Å². The summed E-state index contributed by atoms with van der Waals surface area (Å²) in [6, 6.07) is 15.6. The van der Waals surface area contributed by atoms with Crippen molar-refractivity contribution in [3.8, 4) is 16.3 Å². The van der Waals surface area contributed by atoms with Crippen LogP contribution in [0.5, 0.6) is 0 Å². The first-order valence-corrected chi connectivity index (χ1v) is 10.5. The van der Waals surface area contributed by atoms with E-state index in [2.05, 4.69) is 31.8 Å². The minimum Gasteiger partial charge on any atom is -0.368 e. The first-order chi connectivity index (χ1) is 14.6. The van der Waals surface area contributed by atoms with Gasteiger partial charge in [0.15, 0.2) is 5.82 Å². The van der Waals surface area contributed by atoms with E-state index in [9.17, 15) is 4.79 Å². The monoisotopic (exact) mass is 418 g/mol. The van der Waals surface area contributed by atoms with Gasteiger partial charge in [-0.15, -0.1) is 11.3 Å². The summed E-state index contributed by atoms with van der Waals surface area (Å²) in [7, 11) is 0. The summed E-state index contributed by atoms with van der Waals surface area (Å²) in [5.41, 5.74) is 3.70. The molecule has 3 heterocycles. The van der Waals surface area contributed by atoms with Gasteiger partial charge in [-0.3, -0.25) is 4.79 Å². The lowest BCUT2D eigenvalue weighted by Gasteiger charge is -2.09. The topological polar surface area (TPSA) is 84.7 Å². The van der Waals surface area contributed by atoms with Crippen LogP contribution >= 0.6 is 11.3 Å². The molecule has 0 fully saturated rings. The Bertz CT molecular complexity index is 1130. The Morgan fingerprint density at radius 3 is 2.60 bits per heavy atom. The molecule has 0 saturated heterocycles. The second-order valence-corrected chi connectivity index (χ2v) is 7.79. The fraction of sp³-hybridized carbons (Fsp3) is 0.182. The summed E-state index contributed by atoms with van der Waals surface area (Å²) in [5, 5.41) is 12.6. The molecule has 1 amide bonds. The highest BCUT2D eigenvalue weighted by atomic mass is 32.1. The Kier molecular flexibility index (Phi) is 5.85. The summed E-state index contributed by atoms with van der Waals surface area (Å²) in [4.78, 5) is 22.1. The standard InChI is InChI=1S/C22H22N6OS/c1-15-12-16(2)28(27-15)21-13-20(25-14-26-21)23-9-10-24-22(29)18-7-5-17(6-8-18)19-4-3-11-30-19/h3-8,11-14H,9-10H2,1-2H3,(H,24,29)(H,23,25,26). The smallest absolute Gasteiger partial charge is 0.251 e. The van der Waals surface area contributed by atoms with Crippen molar-refractivity contribution >= 4 is 23.1 Å². The van der Waals surface area contributed by atoms with Gasteiger partial charge in [0.2, 0.25) is 0 Å². The number of aryl methyl sites for hydroxylation is 2. The number of hydrogen-bond acceptors (Lipinski definition) is 6. The van der Waals surface area contributed by atoms with Crippen molar-refractivity contribution in [2.45, 2.75) is 13.8 Å². The number of hydrogen-bond donors (Lipinski definition) is 2. The van der Waals surface area contributed by atoms with Crippen LogP contribution in [0.3, 0.4) is 0 Å². The fourth-order valence-corrected chi connectivity index (χ4v) is 3.85. The van der Waals surface area contributed by atoms with Crippen molar-refractivity contribution in [3.63, 3.8) is 0 Å². The molecule has 4 rings (SSSR count). The molecule has 0 spiro atoms. The number of aromatic nitrogens is 4. The van der Waals surface area contributed by atoms with Gasteiger partial charge in [-0.25, -0.2) is 14.6 Å². The van der Waals surface area contributed by atoms with Crippen molar-refractivity contribution in [2.75, 3.05) is 18.4 Å². The summed E-state index contributed by atoms with van der Waals surface area (Å²) >= 11 is 1.68. The average Bonchev–Trinajstić information content (AvgIpc) is 3.41. The molecular formula is C22H22N6OS. The van der Waals surface area contributed by atoms with Gasteiger partial charge in [-0.05, 0) is 49.1 Å². The maximum atomic E-state index is 12.4. The molecule has 30 heavy (non-hydrogen) atoms. The lowest BCUT2D eigenvalue weighted by Crippen LogP contribution is -2.28. The SMILES string of the molecule is Cc1cc(C)n(-c2cc(NCCNC(=O)c3ccc(-c4cccs4)cc3)ncn2)n1. The molecule has 0 aliphatic rings. The van der Waals surface area contributed by atoms with Gasteiger partial charge in [-0.2, -0.15) is 5.10 Å². The fourth-order valence-electron chi connectivity index (χ4n) is 3.12. The highest BCUT2D eigenvalue weighted by Crippen LogP contribution is 2.24. The number of anilines is 1. The third kappa shape index (κ3) is 4.55. The number of benzene rings is 1. The molecular weight excluding hydrogens is 396 g/mol. The van der Waals surface area contributed by atoms with Crippen molar-refractivity contribution in [3.05, 3.63) is 77.2 Å². The third-order valence-corrected chi connectivity index (χ3v) is 5.47. The summed E-state index contributed by atoms with van der Waals surface area (Å²) < 4.78 is 1.78. The number of nitrogens with zero attached hydrogens (tertiary/aromatic N) is 4. The van der Waals surface area contributed by atoms with Crippen LogP contribution in [0.15, 0.2) is 60.2 Å². The van der Waals surface area contributed by atoms with Crippen LogP contribution in [-0.4, -0.2) is 38.7 Å². The lowest BCUT2D eigenvalue weighted by molar-refractivity contribution is 0.0955. The van der Waals surface area contributed by atoms with E-state index in [0.29, 0.717) is 30.3 Å². The second-order valence-electron chi connectivity index (χ2n) is 6.84. The first-order valence-electron chi connectivity index (χ1n) is 9.62. The Morgan fingerprint density at radius 2 is 1.90 bits per heavy atom. The van der Waals surface area contributed by atoms with Crippen LogP contribution in [0.25, 0.3) is 16.3 Å². The Hall–Kier alpha value is -3.52. The van der Waals surface area contributed by atoms with E-state index in [1.54, 1.807) is 16.0 Å². The lowest BCUT2D eigenvalue weighted by atomic mass is 10.1. The summed E-state index contributed by atoms with van der Waals surface area (Å²) in [6.07, 6.45) is 1.50. The van der Waals surface area contributed by atoms with Crippen molar-refractivity contribution in [1.29, 1.82) is 0 Å². The third-order valence-electron chi connectivity index (χ3n) is 4.55. The van der Waals surface area contributed by atoms with Crippen LogP contribution in [0.2, 0.25) is 0 Å². The Balaban J connectivity index is 1.29. The van der Waals surface area contributed by atoms with E-state index in [1.165, 1.54) is 11.2 Å². The number of carbonyl (C=O) groups is 1. The largest absolute Gasteiger partial charge is 0.368 e. The van der Waals surface area contributed by atoms with Gasteiger partial charge in [0.1, 0.15) is 12.1 Å². The highest BCUT2D eigenvalue weighted by molar-refractivity contribution is 7.13. The molecule has 0 atom stereocenters. The molecule has 0 saturated carbocycles. The van der Waals surface area contributed by atoms with Gasteiger partial charge in [0.25, 0.3) is 5.91 Å². The van der Waals surface area contributed by atoms with Crippen LogP contribution in [0, 0.1) is 13.8 Å². The average molecular weight is 419 g/mol. The van der Waals surface area contributed by atoms with Gasteiger partial charge >= 0.3 is 0 Å². The molecule has 152 valence electrons. The molecule has 0 aliphatic carbocycles. The van der Waals surface area contributed by atoms with E-state index in [-0.39, 0.29) is 5.91 Å². The molecule has 0 unspecified atom stereocenters. The van der Waals surface area contributed by atoms with Crippen molar-refractivity contribution in [1.82, 2.24) is 25.1 Å². The van der Waals surface area contributed by atoms with E-state index < -0.39 is 0 Å². The molecule has 7 nitrogen and oxygen atoms in total. The molecule has 2 N–H and O–H groups in total. The van der Waals surface area contributed by atoms with Crippen LogP contribution in [-0.2, 0) is 0 Å². The molecule has 0 aliphatic heterocycles. The second kappa shape index (κ2) is 8.87. The number of amides is 1. The zero-order valence-corrected chi connectivity index (χ0v) is 17.6. The normalized spacial score (nSPS) is 10.7. The zero-order valence-electron chi connectivity index (χ0n) is 16.8. The van der Waals surface area contributed by atoms with Gasteiger partial charge < -0.3 is 10.6 Å². The van der Waals surface area contributed by atoms with E-state index >= 15 is 0 Å². The van der Waals surface area contributed by atoms with E-state index in [0.717, 1.165) is 17.0 Å². The van der Waals surface area contributed by atoms with Gasteiger partial charge in [0, 0.05) is 35.3 Å². The highest BCUT2D eigenvalue weighted by Gasteiger charge is 2.08. The predicted molar refractivity (Wildman–Crippen MR) is 119 cm³/mol. The van der Waals surface area contributed by atoms with Crippen molar-refractivity contribution in [2.24, 2.45) is 0 Å². The maximum Gasteiger partial charge on any atom is 0.251 e. The Labute approximate surface area is 178 Å². The van der Waals surface area contributed by atoms with Gasteiger partial charge in [0.05, 0.1) is 5.69 Å². The minimum absolute atomic E-state index is 0.0967. The molecule has 4 aromatic rings. The molecule has 8 heteroatoms. The van der Waals surface area contributed by atoms with E-state index in [1.807, 2.05) is 61.7 Å². The van der Waals surface area contributed by atoms with Gasteiger partial charge in [-0.1, -0.05) is 18.2 Å². The van der Waals surface area contributed by atoms with Crippen molar-refractivity contribution < 1.29 is 4.79 Å². The summed E-state index contributed by atoms with van der Waals surface area (Å²) in [6.45, 7) is 4.96. The Morgan fingerprint density at radius 1 is 1.07 bits per heavy atom. The number of rotatable bonds is 7. The summed E-state index contributed by atoms with van der Waals surface area (Å²) in [5.74, 6) is 1.29. The zero-order chi connectivity index (χ0) is 20.9. The van der Waals surface area contributed by atoms with Crippen LogP contribution in [0.1, 0.15) is 21.7 Å². The minimum atomic E-state index is -0.0967. The predicted octanol–water partition coefficient (Wildman–Crippen LogP) is 3.85. The molecule has 0 radical (unpaired) electrons. The quantitative estimate of drug-likeness (QED) is 0.445. The number of nitrogens with one attached hydrogen (secondary N) is 2. The maximum absolute atomic E-state index is 12.4. The number of carbonyl (C=O) groups excluding carboxylic acids is 1.